The summed E-state index contributed by atoms with van der Waals surface area (Å²) in [7, 11) is -5.67. The van der Waals surface area contributed by atoms with Gasteiger partial charge < -0.3 is 5.73 Å². The molecule has 0 atom stereocenters. The highest BCUT2D eigenvalue weighted by Crippen LogP contribution is 2.16. The zero-order valence-corrected chi connectivity index (χ0v) is 13.6. The van der Waals surface area contributed by atoms with E-state index < -0.39 is 19.9 Å². The van der Waals surface area contributed by atoms with Gasteiger partial charge in [-0.1, -0.05) is 24.4 Å². The fourth-order valence-electron chi connectivity index (χ4n) is 1.40. The lowest BCUT2D eigenvalue weighted by Crippen LogP contribution is -2.31. The molecule has 0 saturated heterocycles. The summed E-state index contributed by atoms with van der Waals surface area (Å²) in [6.07, 6.45) is 1.06. The van der Waals surface area contributed by atoms with Crippen LogP contribution in [0.4, 0.5) is 0 Å². The van der Waals surface area contributed by atoms with E-state index in [2.05, 4.69) is 0 Å². The summed E-state index contributed by atoms with van der Waals surface area (Å²) < 4.78 is 47.7. The van der Waals surface area contributed by atoms with Gasteiger partial charge in [-0.3, -0.25) is 0 Å². The Morgan fingerprint density at radius 3 is 2.40 bits per heavy atom. The topological polar surface area (TPSA) is 97.5 Å². The molecule has 9 heteroatoms. The van der Waals surface area contributed by atoms with Crippen LogP contribution in [0.5, 0.6) is 0 Å². The quantitative estimate of drug-likeness (QED) is 0.734. The van der Waals surface area contributed by atoms with Crippen molar-refractivity contribution in [3.8, 4) is 0 Å². The largest absolute Gasteiger partial charge is 0.389 e. The molecule has 20 heavy (non-hydrogen) atoms. The van der Waals surface area contributed by atoms with Crippen molar-refractivity contribution >= 4 is 37.1 Å². The Morgan fingerprint density at radius 1 is 1.30 bits per heavy atom. The van der Waals surface area contributed by atoms with Gasteiger partial charge in [0.2, 0.25) is 10.0 Å². The summed E-state index contributed by atoms with van der Waals surface area (Å²) in [5.74, 6) is -0.238. The van der Waals surface area contributed by atoms with Crippen molar-refractivity contribution < 1.29 is 16.8 Å². The van der Waals surface area contributed by atoms with E-state index >= 15 is 0 Å². The second-order valence-electron chi connectivity index (χ2n) is 4.35. The molecule has 1 aromatic carbocycles. The van der Waals surface area contributed by atoms with Gasteiger partial charge in [-0.2, -0.15) is 4.31 Å². The number of nitrogens with two attached hydrogens (primary N) is 1. The van der Waals surface area contributed by atoms with Crippen LogP contribution in [0.1, 0.15) is 5.56 Å². The SMILES string of the molecule is CN(CCS(C)(=O)=O)S(=O)(=O)c1cccc(C(N)=S)c1. The van der Waals surface area contributed by atoms with Crippen molar-refractivity contribution in [3.63, 3.8) is 0 Å². The summed E-state index contributed by atoms with van der Waals surface area (Å²) in [5.41, 5.74) is 5.90. The summed E-state index contributed by atoms with van der Waals surface area (Å²) >= 11 is 4.80. The van der Waals surface area contributed by atoms with Gasteiger partial charge in [0.05, 0.1) is 10.6 Å². The number of hydrogen-bond acceptors (Lipinski definition) is 5. The van der Waals surface area contributed by atoms with Crippen LogP contribution < -0.4 is 5.73 Å². The first kappa shape index (κ1) is 17.0. The molecule has 0 aliphatic heterocycles. The van der Waals surface area contributed by atoms with E-state index in [0.717, 1.165) is 10.6 Å². The van der Waals surface area contributed by atoms with Crippen LogP contribution in [0.2, 0.25) is 0 Å². The fraction of sp³-hybridized carbons (Fsp3) is 0.364. The molecule has 1 aromatic rings. The lowest BCUT2D eigenvalue weighted by Gasteiger charge is -2.17. The molecule has 1 rings (SSSR count). The Balaban J connectivity index is 3.04. The van der Waals surface area contributed by atoms with Crippen molar-refractivity contribution in [3.05, 3.63) is 29.8 Å². The minimum absolute atomic E-state index is 0.0267. The predicted molar refractivity (Wildman–Crippen MR) is 81.9 cm³/mol. The molecule has 0 aliphatic carbocycles. The van der Waals surface area contributed by atoms with Crippen LogP contribution in [-0.2, 0) is 19.9 Å². The Hall–Kier alpha value is -1.03. The van der Waals surface area contributed by atoms with E-state index in [1.54, 1.807) is 6.07 Å². The standard InChI is InChI=1S/C11H16N2O4S3/c1-13(6-7-19(2,14)15)20(16,17)10-5-3-4-9(8-10)11(12)18/h3-5,8H,6-7H2,1-2H3,(H2,12,18). The number of rotatable bonds is 6. The van der Waals surface area contributed by atoms with Gasteiger partial charge in [-0.05, 0) is 12.1 Å². The minimum atomic E-state index is -3.76. The normalized spacial score (nSPS) is 12.6. The summed E-state index contributed by atoms with van der Waals surface area (Å²) in [6, 6.07) is 5.92. The van der Waals surface area contributed by atoms with Crippen LogP contribution in [0.25, 0.3) is 0 Å². The number of sulfone groups is 1. The van der Waals surface area contributed by atoms with E-state index in [1.165, 1.54) is 25.2 Å². The monoisotopic (exact) mass is 336 g/mol. The van der Waals surface area contributed by atoms with Crippen molar-refractivity contribution in [2.75, 3.05) is 25.6 Å². The molecule has 0 unspecified atom stereocenters. The van der Waals surface area contributed by atoms with Gasteiger partial charge in [-0.25, -0.2) is 16.8 Å². The van der Waals surface area contributed by atoms with Gasteiger partial charge in [0, 0.05) is 25.4 Å². The van der Waals surface area contributed by atoms with E-state index in [1.807, 2.05) is 0 Å². The Bertz CT molecular complexity index is 711. The molecule has 0 heterocycles. The third-order valence-electron chi connectivity index (χ3n) is 2.60. The van der Waals surface area contributed by atoms with Crippen molar-refractivity contribution in [1.82, 2.24) is 4.31 Å². The minimum Gasteiger partial charge on any atom is -0.389 e. The lowest BCUT2D eigenvalue weighted by atomic mass is 10.2. The second-order valence-corrected chi connectivity index (χ2v) is 9.09. The van der Waals surface area contributed by atoms with E-state index in [-0.39, 0.29) is 22.2 Å². The number of thiocarbonyl (C=S) groups is 1. The number of sulfonamides is 1. The van der Waals surface area contributed by atoms with Gasteiger partial charge in [0.1, 0.15) is 14.8 Å². The third-order valence-corrected chi connectivity index (χ3v) is 5.62. The zero-order chi connectivity index (χ0) is 15.6. The van der Waals surface area contributed by atoms with Crippen molar-refractivity contribution in [1.29, 1.82) is 0 Å². The maximum absolute atomic E-state index is 12.3. The molecular weight excluding hydrogens is 320 g/mol. The molecule has 0 amide bonds. The number of benzene rings is 1. The highest BCUT2D eigenvalue weighted by atomic mass is 32.2. The molecule has 112 valence electrons. The van der Waals surface area contributed by atoms with Gasteiger partial charge in [0.25, 0.3) is 0 Å². The molecular formula is C11H16N2O4S3. The maximum atomic E-state index is 12.3. The molecule has 0 aromatic heterocycles. The van der Waals surface area contributed by atoms with E-state index in [0.29, 0.717) is 5.56 Å². The van der Waals surface area contributed by atoms with Crippen LogP contribution >= 0.6 is 12.2 Å². The molecule has 0 spiro atoms. The average molecular weight is 336 g/mol. The van der Waals surface area contributed by atoms with E-state index in [4.69, 9.17) is 18.0 Å². The van der Waals surface area contributed by atoms with Crippen LogP contribution in [0.3, 0.4) is 0 Å². The van der Waals surface area contributed by atoms with Crippen LogP contribution in [0, 0.1) is 0 Å². The van der Waals surface area contributed by atoms with E-state index in [9.17, 15) is 16.8 Å². The Kier molecular flexibility index (Phi) is 5.25. The summed E-state index contributed by atoms with van der Waals surface area (Å²) in [6.45, 7) is -0.113. The maximum Gasteiger partial charge on any atom is 0.242 e. The molecule has 0 saturated carbocycles. The van der Waals surface area contributed by atoms with Crippen LogP contribution in [-0.4, -0.2) is 51.7 Å². The summed E-state index contributed by atoms with van der Waals surface area (Å²) in [5, 5.41) is 0. The fourth-order valence-corrected chi connectivity index (χ4v) is 3.47. The number of hydrogen-bond donors (Lipinski definition) is 1. The van der Waals surface area contributed by atoms with Gasteiger partial charge in [0.15, 0.2) is 0 Å². The first-order valence-electron chi connectivity index (χ1n) is 5.58. The highest BCUT2D eigenvalue weighted by Gasteiger charge is 2.22. The molecule has 0 bridgehead atoms. The molecule has 0 radical (unpaired) electrons. The molecule has 0 fully saturated rings. The van der Waals surface area contributed by atoms with Crippen LogP contribution in [0.15, 0.2) is 29.2 Å². The molecule has 0 aliphatic rings. The highest BCUT2D eigenvalue weighted by molar-refractivity contribution is 7.91. The smallest absolute Gasteiger partial charge is 0.242 e. The third kappa shape index (κ3) is 4.51. The first-order chi connectivity index (χ1) is 9.04. The molecule has 2 N–H and O–H groups in total. The zero-order valence-electron chi connectivity index (χ0n) is 11.1. The Labute approximate surface area is 124 Å². The summed E-state index contributed by atoms with van der Waals surface area (Å²) in [4.78, 5) is 0.125. The van der Waals surface area contributed by atoms with Gasteiger partial charge in [-0.15, -0.1) is 0 Å². The first-order valence-corrected chi connectivity index (χ1v) is 9.49. The second kappa shape index (κ2) is 6.17. The lowest BCUT2D eigenvalue weighted by molar-refractivity contribution is 0.485. The van der Waals surface area contributed by atoms with Gasteiger partial charge >= 0.3 is 0 Å². The Morgan fingerprint density at radius 2 is 1.90 bits per heavy atom. The van der Waals surface area contributed by atoms with Crippen molar-refractivity contribution in [2.45, 2.75) is 4.90 Å². The van der Waals surface area contributed by atoms with Crippen molar-refractivity contribution in [2.24, 2.45) is 5.73 Å². The number of nitrogens with zero attached hydrogens (tertiary/aromatic N) is 1. The molecule has 6 nitrogen and oxygen atoms in total. The predicted octanol–water partition coefficient (Wildman–Crippen LogP) is -0.0141. The average Bonchev–Trinajstić information content (AvgIpc) is 2.35.